The molecule has 0 spiro atoms. The van der Waals surface area contributed by atoms with Crippen LogP contribution < -0.4 is 5.32 Å². The molecule has 0 saturated carbocycles. The first-order chi connectivity index (χ1) is 13.9. The van der Waals surface area contributed by atoms with E-state index in [1.165, 1.54) is 11.6 Å². The molecule has 2 aromatic carbocycles. The van der Waals surface area contributed by atoms with E-state index in [0.717, 1.165) is 24.9 Å². The SMILES string of the molecule is CC(C)c1ccc(C(=O)C=CNc2ccc(S(=O)(=O)N3CCCCC3)cc2)cc1. The third-order valence-electron chi connectivity index (χ3n) is 5.15. The number of carbonyl (C=O) groups excluding carboxylic acids is 1. The second-order valence-corrected chi connectivity index (χ2v) is 9.55. The van der Waals surface area contributed by atoms with Gasteiger partial charge in [-0.15, -0.1) is 0 Å². The molecule has 1 saturated heterocycles. The van der Waals surface area contributed by atoms with Gasteiger partial charge < -0.3 is 5.32 Å². The number of hydrogen-bond acceptors (Lipinski definition) is 4. The average molecular weight is 413 g/mol. The van der Waals surface area contributed by atoms with E-state index in [2.05, 4.69) is 19.2 Å². The van der Waals surface area contributed by atoms with Crippen molar-refractivity contribution in [3.05, 3.63) is 71.9 Å². The monoisotopic (exact) mass is 412 g/mol. The van der Waals surface area contributed by atoms with Crippen LogP contribution in [0.2, 0.25) is 0 Å². The highest BCUT2D eigenvalue weighted by atomic mass is 32.2. The highest BCUT2D eigenvalue weighted by molar-refractivity contribution is 7.89. The first-order valence-corrected chi connectivity index (χ1v) is 11.5. The second-order valence-electron chi connectivity index (χ2n) is 7.61. The molecule has 154 valence electrons. The third-order valence-corrected chi connectivity index (χ3v) is 7.07. The minimum atomic E-state index is -3.43. The summed E-state index contributed by atoms with van der Waals surface area (Å²) in [6.45, 7) is 5.41. The fourth-order valence-corrected chi connectivity index (χ4v) is 4.84. The lowest BCUT2D eigenvalue weighted by molar-refractivity contribution is 0.104. The van der Waals surface area contributed by atoms with Crippen molar-refractivity contribution in [2.75, 3.05) is 18.4 Å². The Morgan fingerprint density at radius 3 is 2.17 bits per heavy atom. The van der Waals surface area contributed by atoms with E-state index >= 15 is 0 Å². The molecule has 0 unspecified atom stereocenters. The molecule has 3 rings (SSSR count). The molecular weight excluding hydrogens is 384 g/mol. The fourth-order valence-electron chi connectivity index (χ4n) is 3.32. The summed E-state index contributed by atoms with van der Waals surface area (Å²) in [5, 5.41) is 3.02. The summed E-state index contributed by atoms with van der Waals surface area (Å²) < 4.78 is 26.9. The summed E-state index contributed by atoms with van der Waals surface area (Å²) in [6.07, 6.45) is 5.97. The van der Waals surface area contributed by atoms with Gasteiger partial charge in [0.05, 0.1) is 4.90 Å². The van der Waals surface area contributed by atoms with Crippen LogP contribution in [0.5, 0.6) is 0 Å². The van der Waals surface area contributed by atoms with Crippen molar-refractivity contribution < 1.29 is 13.2 Å². The zero-order valence-corrected chi connectivity index (χ0v) is 17.8. The molecule has 1 aliphatic heterocycles. The number of piperidine rings is 1. The van der Waals surface area contributed by atoms with E-state index in [0.29, 0.717) is 29.5 Å². The number of benzene rings is 2. The Morgan fingerprint density at radius 2 is 1.59 bits per heavy atom. The van der Waals surface area contributed by atoms with Crippen molar-refractivity contribution in [3.8, 4) is 0 Å². The molecule has 0 bridgehead atoms. The molecule has 0 amide bonds. The summed E-state index contributed by atoms with van der Waals surface area (Å²) in [5.74, 6) is 0.343. The van der Waals surface area contributed by atoms with Gasteiger partial charge in [0.15, 0.2) is 5.78 Å². The lowest BCUT2D eigenvalue weighted by atomic mass is 10.0. The first kappa shape index (κ1) is 21.3. The van der Waals surface area contributed by atoms with Crippen LogP contribution in [0.3, 0.4) is 0 Å². The Balaban J connectivity index is 1.60. The molecule has 1 aliphatic rings. The Labute approximate surface area is 173 Å². The Morgan fingerprint density at radius 1 is 0.966 bits per heavy atom. The molecule has 0 radical (unpaired) electrons. The number of anilines is 1. The average Bonchev–Trinajstić information content (AvgIpc) is 2.74. The van der Waals surface area contributed by atoms with Gasteiger partial charge in [0.2, 0.25) is 10.0 Å². The van der Waals surface area contributed by atoms with Crippen LogP contribution in [0.25, 0.3) is 0 Å². The molecular formula is C23H28N2O3S. The number of nitrogens with zero attached hydrogens (tertiary/aromatic N) is 1. The zero-order chi connectivity index (χ0) is 20.9. The summed E-state index contributed by atoms with van der Waals surface area (Å²) in [5.41, 5.74) is 2.56. The van der Waals surface area contributed by atoms with E-state index in [1.54, 1.807) is 34.8 Å². The van der Waals surface area contributed by atoms with Gasteiger partial charge in [0.1, 0.15) is 0 Å². The van der Waals surface area contributed by atoms with Gasteiger partial charge in [0, 0.05) is 36.6 Å². The number of carbonyl (C=O) groups is 1. The Bertz CT molecular complexity index is 956. The van der Waals surface area contributed by atoms with Crippen LogP contribution in [0.15, 0.2) is 65.7 Å². The van der Waals surface area contributed by atoms with E-state index < -0.39 is 10.0 Å². The molecule has 2 aromatic rings. The van der Waals surface area contributed by atoms with Crippen LogP contribution in [0.4, 0.5) is 5.69 Å². The Kier molecular flexibility index (Phi) is 6.87. The molecule has 1 heterocycles. The van der Waals surface area contributed by atoms with Gasteiger partial charge in [0.25, 0.3) is 0 Å². The molecule has 6 heteroatoms. The topological polar surface area (TPSA) is 66.5 Å². The van der Waals surface area contributed by atoms with Crippen molar-refractivity contribution in [1.82, 2.24) is 4.31 Å². The van der Waals surface area contributed by atoms with Gasteiger partial charge in [-0.25, -0.2) is 8.42 Å². The van der Waals surface area contributed by atoms with Crippen molar-refractivity contribution in [2.24, 2.45) is 0 Å². The standard InChI is InChI=1S/C23H28N2O3S/c1-18(2)19-6-8-20(9-7-19)23(26)14-15-24-21-10-12-22(13-11-21)29(27,28)25-16-4-3-5-17-25/h6-15,18,24H,3-5,16-17H2,1-2H3. The summed E-state index contributed by atoms with van der Waals surface area (Å²) in [6, 6.07) is 14.2. The van der Waals surface area contributed by atoms with Gasteiger partial charge in [-0.1, -0.05) is 44.5 Å². The number of rotatable bonds is 7. The van der Waals surface area contributed by atoms with E-state index in [-0.39, 0.29) is 5.78 Å². The maximum Gasteiger partial charge on any atom is 0.243 e. The fraction of sp³-hybridized carbons (Fsp3) is 0.348. The molecule has 0 aromatic heterocycles. The molecule has 5 nitrogen and oxygen atoms in total. The van der Waals surface area contributed by atoms with Crippen LogP contribution in [0.1, 0.15) is 54.9 Å². The smallest absolute Gasteiger partial charge is 0.243 e. The van der Waals surface area contributed by atoms with Gasteiger partial charge in [-0.2, -0.15) is 4.31 Å². The predicted molar refractivity (Wildman–Crippen MR) is 117 cm³/mol. The second kappa shape index (κ2) is 9.37. The van der Waals surface area contributed by atoms with E-state index in [9.17, 15) is 13.2 Å². The number of hydrogen-bond donors (Lipinski definition) is 1. The lowest BCUT2D eigenvalue weighted by Crippen LogP contribution is -2.35. The van der Waals surface area contributed by atoms with Crippen LogP contribution in [-0.2, 0) is 10.0 Å². The highest BCUT2D eigenvalue weighted by Crippen LogP contribution is 2.22. The molecule has 1 N–H and O–H groups in total. The molecule has 1 fully saturated rings. The molecule has 0 aliphatic carbocycles. The summed E-state index contributed by atoms with van der Waals surface area (Å²) in [4.78, 5) is 12.6. The van der Waals surface area contributed by atoms with Crippen LogP contribution in [0, 0.1) is 0 Å². The summed E-state index contributed by atoms with van der Waals surface area (Å²) in [7, 11) is -3.43. The normalized spacial score (nSPS) is 15.7. The van der Waals surface area contributed by atoms with Crippen molar-refractivity contribution >= 4 is 21.5 Å². The van der Waals surface area contributed by atoms with E-state index in [1.807, 2.05) is 24.3 Å². The minimum Gasteiger partial charge on any atom is -0.362 e. The number of allylic oxidation sites excluding steroid dienone is 1. The van der Waals surface area contributed by atoms with Crippen molar-refractivity contribution in [3.63, 3.8) is 0 Å². The minimum absolute atomic E-state index is 0.0860. The quantitative estimate of drug-likeness (QED) is 0.524. The van der Waals surface area contributed by atoms with Crippen LogP contribution >= 0.6 is 0 Å². The molecule has 29 heavy (non-hydrogen) atoms. The number of ketones is 1. The number of sulfonamides is 1. The van der Waals surface area contributed by atoms with Crippen LogP contribution in [-0.4, -0.2) is 31.6 Å². The lowest BCUT2D eigenvalue weighted by Gasteiger charge is -2.25. The van der Waals surface area contributed by atoms with Gasteiger partial charge in [-0.3, -0.25) is 4.79 Å². The zero-order valence-electron chi connectivity index (χ0n) is 17.0. The third kappa shape index (κ3) is 5.34. The van der Waals surface area contributed by atoms with Gasteiger partial charge in [-0.05, 0) is 48.6 Å². The van der Waals surface area contributed by atoms with E-state index in [4.69, 9.17) is 0 Å². The van der Waals surface area contributed by atoms with Crippen molar-refractivity contribution in [2.45, 2.75) is 43.9 Å². The molecule has 0 atom stereocenters. The van der Waals surface area contributed by atoms with Gasteiger partial charge >= 0.3 is 0 Å². The van der Waals surface area contributed by atoms with Crippen molar-refractivity contribution in [1.29, 1.82) is 0 Å². The summed E-state index contributed by atoms with van der Waals surface area (Å²) >= 11 is 0. The maximum absolute atomic E-state index is 12.7. The Hall–Kier alpha value is -2.44. The number of nitrogens with one attached hydrogen (secondary N) is 1. The first-order valence-electron chi connectivity index (χ1n) is 10.1. The highest BCUT2D eigenvalue weighted by Gasteiger charge is 2.25. The largest absolute Gasteiger partial charge is 0.362 e. The predicted octanol–water partition coefficient (Wildman–Crippen LogP) is 4.79. The maximum atomic E-state index is 12.7.